The number of esters is 1. The first-order chi connectivity index (χ1) is 8.29. The zero-order chi connectivity index (χ0) is 12.1. The van der Waals surface area contributed by atoms with E-state index < -0.39 is 0 Å². The summed E-state index contributed by atoms with van der Waals surface area (Å²) >= 11 is 0. The molecule has 2 heterocycles. The Kier molecular flexibility index (Phi) is 3.36. The van der Waals surface area contributed by atoms with E-state index in [-0.39, 0.29) is 12.4 Å². The van der Waals surface area contributed by atoms with Crippen molar-refractivity contribution < 1.29 is 9.53 Å². The SMILES string of the molecule is CCOC(=O)CC#Cc1cnc2nc[nH]c2c1. The first kappa shape index (κ1) is 11.1. The van der Waals surface area contributed by atoms with Crippen LogP contribution in [0.4, 0.5) is 0 Å². The highest BCUT2D eigenvalue weighted by Gasteiger charge is 1.98. The summed E-state index contributed by atoms with van der Waals surface area (Å²) in [5.41, 5.74) is 2.22. The van der Waals surface area contributed by atoms with Crippen molar-refractivity contribution in [2.45, 2.75) is 13.3 Å². The molecule has 2 rings (SSSR count). The lowest BCUT2D eigenvalue weighted by Gasteiger charge is -1.94. The summed E-state index contributed by atoms with van der Waals surface area (Å²) in [4.78, 5) is 22.1. The van der Waals surface area contributed by atoms with Crippen molar-refractivity contribution in [2.24, 2.45) is 0 Å². The van der Waals surface area contributed by atoms with Gasteiger partial charge in [0, 0.05) is 11.8 Å². The lowest BCUT2D eigenvalue weighted by atomic mass is 10.2. The third-order valence-corrected chi connectivity index (χ3v) is 2.04. The van der Waals surface area contributed by atoms with E-state index in [0.29, 0.717) is 12.3 Å². The van der Waals surface area contributed by atoms with Crippen molar-refractivity contribution in [1.29, 1.82) is 0 Å². The summed E-state index contributed by atoms with van der Waals surface area (Å²) in [5.74, 6) is 5.29. The molecule has 0 unspecified atom stereocenters. The van der Waals surface area contributed by atoms with Gasteiger partial charge in [0.2, 0.25) is 0 Å². The Morgan fingerprint density at radius 2 is 2.41 bits per heavy atom. The smallest absolute Gasteiger partial charge is 0.317 e. The van der Waals surface area contributed by atoms with Gasteiger partial charge in [-0.05, 0) is 13.0 Å². The van der Waals surface area contributed by atoms with Gasteiger partial charge >= 0.3 is 5.97 Å². The average molecular weight is 229 g/mol. The summed E-state index contributed by atoms with van der Waals surface area (Å²) < 4.78 is 4.76. The minimum atomic E-state index is -0.310. The van der Waals surface area contributed by atoms with Gasteiger partial charge in [0.25, 0.3) is 0 Å². The van der Waals surface area contributed by atoms with E-state index in [1.165, 1.54) is 0 Å². The largest absolute Gasteiger partial charge is 0.465 e. The monoisotopic (exact) mass is 229 g/mol. The van der Waals surface area contributed by atoms with Crippen molar-refractivity contribution >= 4 is 17.1 Å². The topological polar surface area (TPSA) is 67.9 Å². The van der Waals surface area contributed by atoms with Crippen molar-refractivity contribution in [2.75, 3.05) is 6.61 Å². The number of pyridine rings is 1. The van der Waals surface area contributed by atoms with Crippen LogP contribution < -0.4 is 0 Å². The maximum atomic E-state index is 11.0. The number of hydrogen-bond donors (Lipinski definition) is 1. The van der Waals surface area contributed by atoms with Crippen LogP contribution in [0.3, 0.4) is 0 Å². The number of fused-ring (bicyclic) bond motifs is 1. The zero-order valence-corrected chi connectivity index (χ0v) is 9.36. The summed E-state index contributed by atoms with van der Waals surface area (Å²) in [5, 5.41) is 0. The highest BCUT2D eigenvalue weighted by Crippen LogP contribution is 2.06. The fraction of sp³-hybridized carbons (Fsp3) is 0.250. The van der Waals surface area contributed by atoms with Crippen LogP contribution in [0.5, 0.6) is 0 Å². The van der Waals surface area contributed by atoms with Gasteiger partial charge in [-0.3, -0.25) is 4.79 Å². The highest BCUT2D eigenvalue weighted by atomic mass is 16.5. The second kappa shape index (κ2) is 5.12. The maximum absolute atomic E-state index is 11.0. The van der Waals surface area contributed by atoms with Gasteiger partial charge in [-0.25, -0.2) is 9.97 Å². The maximum Gasteiger partial charge on any atom is 0.317 e. The number of aromatic nitrogens is 3. The minimum Gasteiger partial charge on any atom is -0.465 e. The molecule has 0 radical (unpaired) electrons. The van der Waals surface area contributed by atoms with Crippen LogP contribution in [0.25, 0.3) is 11.2 Å². The van der Waals surface area contributed by atoms with Crippen molar-refractivity contribution in [3.63, 3.8) is 0 Å². The first-order valence-corrected chi connectivity index (χ1v) is 5.23. The summed E-state index contributed by atoms with van der Waals surface area (Å²) in [6.45, 7) is 2.14. The number of hydrogen-bond acceptors (Lipinski definition) is 4. The molecule has 0 aliphatic heterocycles. The Labute approximate surface area is 98.2 Å². The Morgan fingerprint density at radius 1 is 1.53 bits per heavy atom. The molecule has 0 bridgehead atoms. The zero-order valence-electron chi connectivity index (χ0n) is 9.36. The molecule has 0 atom stereocenters. The minimum absolute atomic E-state index is 0.0921. The molecule has 0 aromatic carbocycles. The number of H-pyrrole nitrogens is 1. The number of nitrogens with one attached hydrogen (secondary N) is 1. The van der Waals surface area contributed by atoms with Crippen LogP contribution in [0.1, 0.15) is 18.9 Å². The van der Waals surface area contributed by atoms with Gasteiger partial charge in [-0.1, -0.05) is 11.8 Å². The van der Waals surface area contributed by atoms with Crippen molar-refractivity contribution in [1.82, 2.24) is 15.0 Å². The Hall–Kier alpha value is -2.35. The van der Waals surface area contributed by atoms with E-state index in [2.05, 4.69) is 26.8 Å². The van der Waals surface area contributed by atoms with Gasteiger partial charge < -0.3 is 9.72 Å². The molecule has 0 aliphatic carbocycles. The van der Waals surface area contributed by atoms with Crippen LogP contribution in [-0.2, 0) is 9.53 Å². The van der Waals surface area contributed by atoms with E-state index >= 15 is 0 Å². The number of carbonyl (C=O) groups is 1. The normalized spacial score (nSPS) is 9.71. The number of rotatable bonds is 2. The van der Waals surface area contributed by atoms with Crippen LogP contribution in [0, 0.1) is 11.8 Å². The fourth-order valence-corrected chi connectivity index (χ4v) is 1.33. The molecule has 86 valence electrons. The van der Waals surface area contributed by atoms with Gasteiger partial charge in [0.05, 0.1) is 18.5 Å². The molecule has 2 aromatic heterocycles. The average Bonchev–Trinajstić information content (AvgIpc) is 2.76. The fourth-order valence-electron chi connectivity index (χ4n) is 1.33. The third kappa shape index (κ3) is 2.82. The summed E-state index contributed by atoms with van der Waals surface area (Å²) in [6.07, 6.45) is 3.30. The molecule has 17 heavy (non-hydrogen) atoms. The second-order valence-electron chi connectivity index (χ2n) is 3.28. The van der Waals surface area contributed by atoms with Crippen molar-refractivity contribution in [3.05, 3.63) is 24.2 Å². The van der Waals surface area contributed by atoms with Crippen LogP contribution >= 0.6 is 0 Å². The van der Waals surface area contributed by atoms with Gasteiger partial charge in [-0.2, -0.15) is 0 Å². The molecule has 5 nitrogen and oxygen atoms in total. The number of nitrogens with zero attached hydrogens (tertiary/aromatic N) is 2. The molecule has 5 heteroatoms. The van der Waals surface area contributed by atoms with E-state index in [0.717, 1.165) is 11.1 Å². The molecule has 0 fully saturated rings. The number of imidazole rings is 1. The lowest BCUT2D eigenvalue weighted by Crippen LogP contribution is -2.01. The van der Waals surface area contributed by atoms with Gasteiger partial charge in [0.15, 0.2) is 5.65 Å². The molecule has 0 amide bonds. The predicted octanol–water partition coefficient (Wildman–Crippen LogP) is 1.26. The third-order valence-electron chi connectivity index (χ3n) is 2.04. The quantitative estimate of drug-likeness (QED) is 0.622. The highest BCUT2D eigenvalue weighted by molar-refractivity contribution is 5.73. The molecule has 1 N–H and O–H groups in total. The van der Waals surface area contributed by atoms with Crippen LogP contribution in [-0.4, -0.2) is 27.5 Å². The second-order valence-corrected chi connectivity index (χ2v) is 3.28. The molecule has 2 aromatic rings. The van der Waals surface area contributed by atoms with Gasteiger partial charge in [0.1, 0.15) is 6.42 Å². The Morgan fingerprint density at radius 3 is 3.24 bits per heavy atom. The predicted molar refractivity (Wildman–Crippen MR) is 62.0 cm³/mol. The summed E-state index contributed by atoms with van der Waals surface area (Å²) in [7, 11) is 0. The van der Waals surface area contributed by atoms with Crippen LogP contribution in [0.2, 0.25) is 0 Å². The van der Waals surface area contributed by atoms with Gasteiger partial charge in [-0.15, -0.1) is 0 Å². The molecule has 0 aliphatic rings. The van der Waals surface area contributed by atoms with Crippen molar-refractivity contribution in [3.8, 4) is 11.8 Å². The van der Waals surface area contributed by atoms with E-state index in [4.69, 9.17) is 4.74 Å². The van der Waals surface area contributed by atoms with Crippen LogP contribution in [0.15, 0.2) is 18.6 Å². The molecule has 0 saturated heterocycles. The lowest BCUT2D eigenvalue weighted by molar-refractivity contribution is -0.141. The molecule has 0 saturated carbocycles. The Balaban J connectivity index is 2.07. The number of aromatic amines is 1. The van der Waals surface area contributed by atoms with E-state index in [1.54, 1.807) is 19.4 Å². The number of carbonyl (C=O) groups excluding carboxylic acids is 1. The Bertz CT molecular complexity index is 592. The summed E-state index contributed by atoms with van der Waals surface area (Å²) in [6, 6.07) is 1.84. The molecular formula is C12H11N3O2. The van der Waals surface area contributed by atoms with E-state index in [9.17, 15) is 4.79 Å². The molecule has 0 spiro atoms. The van der Waals surface area contributed by atoms with E-state index in [1.807, 2.05) is 6.07 Å². The molecular weight excluding hydrogens is 218 g/mol. The standard InChI is InChI=1S/C12H11N3O2/c1-2-17-11(16)5-3-4-9-6-10-12(13-7-9)15-8-14-10/h6-8H,2,5H2,1H3,(H,13,14,15). The number of ether oxygens (including phenoxy) is 1. The first-order valence-electron chi connectivity index (χ1n) is 5.23.